The molecule has 0 spiro atoms. The molecule has 1 aliphatic rings. The SMILES string of the molecule is Clc1ccc(CNc2ccnc(N3CCc4ccccc4C3)n2)cc1. The van der Waals surface area contributed by atoms with Gasteiger partial charge < -0.3 is 10.2 Å². The highest BCUT2D eigenvalue weighted by atomic mass is 35.5. The van der Waals surface area contributed by atoms with Crippen molar-refractivity contribution >= 4 is 23.4 Å². The van der Waals surface area contributed by atoms with Crippen LogP contribution in [0.1, 0.15) is 16.7 Å². The lowest BCUT2D eigenvalue weighted by molar-refractivity contribution is 0.708. The topological polar surface area (TPSA) is 41.1 Å². The molecule has 0 saturated carbocycles. The van der Waals surface area contributed by atoms with Gasteiger partial charge in [0.25, 0.3) is 0 Å². The molecule has 5 heteroatoms. The number of rotatable bonds is 4. The Kier molecular flexibility index (Phi) is 4.53. The van der Waals surface area contributed by atoms with Crippen LogP contribution in [0.2, 0.25) is 5.02 Å². The van der Waals surface area contributed by atoms with Crippen molar-refractivity contribution in [2.45, 2.75) is 19.5 Å². The van der Waals surface area contributed by atoms with Gasteiger partial charge in [0, 0.05) is 30.9 Å². The summed E-state index contributed by atoms with van der Waals surface area (Å²) in [5, 5.41) is 4.11. The molecule has 3 aromatic rings. The second kappa shape index (κ2) is 7.11. The lowest BCUT2D eigenvalue weighted by Gasteiger charge is -2.28. The second-order valence-electron chi connectivity index (χ2n) is 6.16. The maximum Gasteiger partial charge on any atom is 0.227 e. The summed E-state index contributed by atoms with van der Waals surface area (Å²) in [6.45, 7) is 2.50. The molecule has 2 aromatic carbocycles. The van der Waals surface area contributed by atoms with Crippen molar-refractivity contribution in [1.82, 2.24) is 9.97 Å². The van der Waals surface area contributed by atoms with Gasteiger partial charge in [-0.2, -0.15) is 4.98 Å². The van der Waals surface area contributed by atoms with Gasteiger partial charge in [0.2, 0.25) is 5.95 Å². The maximum atomic E-state index is 5.93. The standard InChI is InChI=1S/C20H19ClN4/c21-18-7-5-15(6-8-18)13-23-19-9-11-22-20(24-19)25-12-10-16-3-1-2-4-17(16)14-25/h1-9,11H,10,12-14H2,(H,22,23,24). The predicted octanol–water partition coefficient (Wildman–Crippen LogP) is 4.30. The highest BCUT2D eigenvalue weighted by Gasteiger charge is 2.18. The number of nitrogens with one attached hydrogen (secondary N) is 1. The Bertz CT molecular complexity index is 864. The first-order valence-corrected chi connectivity index (χ1v) is 8.79. The van der Waals surface area contributed by atoms with Gasteiger partial charge in [-0.15, -0.1) is 0 Å². The third kappa shape index (κ3) is 3.74. The molecule has 1 N–H and O–H groups in total. The van der Waals surface area contributed by atoms with E-state index in [0.717, 1.165) is 41.9 Å². The van der Waals surface area contributed by atoms with Crippen LogP contribution >= 0.6 is 11.6 Å². The Balaban J connectivity index is 1.45. The molecule has 0 atom stereocenters. The largest absolute Gasteiger partial charge is 0.366 e. The summed E-state index contributed by atoms with van der Waals surface area (Å²) in [6, 6.07) is 18.3. The van der Waals surface area contributed by atoms with Crippen LogP contribution in [0.15, 0.2) is 60.8 Å². The molecule has 0 fully saturated rings. The van der Waals surface area contributed by atoms with Crippen molar-refractivity contribution in [3.05, 3.63) is 82.5 Å². The lowest BCUT2D eigenvalue weighted by atomic mass is 10.0. The van der Waals surface area contributed by atoms with E-state index in [-0.39, 0.29) is 0 Å². The van der Waals surface area contributed by atoms with Gasteiger partial charge in [0.15, 0.2) is 0 Å². The van der Waals surface area contributed by atoms with Gasteiger partial charge in [-0.25, -0.2) is 4.98 Å². The third-order valence-electron chi connectivity index (χ3n) is 4.44. The second-order valence-corrected chi connectivity index (χ2v) is 6.60. The third-order valence-corrected chi connectivity index (χ3v) is 4.70. The van der Waals surface area contributed by atoms with Gasteiger partial charge in [-0.1, -0.05) is 48.0 Å². The van der Waals surface area contributed by atoms with Crippen LogP contribution in [0.3, 0.4) is 0 Å². The Morgan fingerprint density at radius 3 is 2.64 bits per heavy atom. The molecule has 25 heavy (non-hydrogen) atoms. The highest BCUT2D eigenvalue weighted by Crippen LogP contribution is 2.22. The van der Waals surface area contributed by atoms with Crippen LogP contribution in [0.4, 0.5) is 11.8 Å². The Morgan fingerprint density at radius 2 is 1.80 bits per heavy atom. The summed E-state index contributed by atoms with van der Waals surface area (Å²) in [5.74, 6) is 1.61. The molecule has 0 bridgehead atoms. The molecule has 0 amide bonds. The summed E-state index contributed by atoms with van der Waals surface area (Å²) in [4.78, 5) is 11.4. The highest BCUT2D eigenvalue weighted by molar-refractivity contribution is 6.30. The molecule has 4 nitrogen and oxygen atoms in total. The van der Waals surface area contributed by atoms with Crippen LogP contribution < -0.4 is 10.2 Å². The van der Waals surface area contributed by atoms with Gasteiger partial charge in [0.05, 0.1) is 0 Å². The number of halogens is 1. The summed E-state index contributed by atoms with van der Waals surface area (Å²) >= 11 is 5.93. The number of hydrogen-bond acceptors (Lipinski definition) is 4. The van der Waals surface area contributed by atoms with Crippen molar-refractivity contribution in [1.29, 1.82) is 0 Å². The van der Waals surface area contributed by atoms with E-state index in [1.165, 1.54) is 11.1 Å². The quantitative estimate of drug-likeness (QED) is 0.761. The fourth-order valence-corrected chi connectivity index (χ4v) is 3.19. The van der Waals surface area contributed by atoms with E-state index >= 15 is 0 Å². The monoisotopic (exact) mass is 350 g/mol. The van der Waals surface area contributed by atoms with Crippen molar-refractivity contribution in [2.24, 2.45) is 0 Å². The number of fused-ring (bicyclic) bond motifs is 1. The first-order valence-electron chi connectivity index (χ1n) is 8.41. The predicted molar refractivity (Wildman–Crippen MR) is 102 cm³/mol. The van der Waals surface area contributed by atoms with Crippen LogP contribution in [0.25, 0.3) is 0 Å². The van der Waals surface area contributed by atoms with E-state index in [1.54, 1.807) is 0 Å². The van der Waals surface area contributed by atoms with Gasteiger partial charge in [-0.3, -0.25) is 0 Å². The summed E-state index contributed by atoms with van der Waals surface area (Å²) < 4.78 is 0. The van der Waals surface area contributed by atoms with Crippen molar-refractivity contribution < 1.29 is 0 Å². The van der Waals surface area contributed by atoms with Gasteiger partial charge >= 0.3 is 0 Å². The minimum Gasteiger partial charge on any atom is -0.366 e. The molecule has 1 aromatic heterocycles. The van der Waals surface area contributed by atoms with E-state index in [0.29, 0.717) is 6.54 Å². The minimum absolute atomic E-state index is 0.705. The summed E-state index contributed by atoms with van der Waals surface area (Å²) in [6.07, 6.45) is 2.84. The average Bonchev–Trinajstić information content (AvgIpc) is 2.67. The molecule has 126 valence electrons. The smallest absolute Gasteiger partial charge is 0.227 e. The molecule has 0 radical (unpaired) electrons. The number of benzene rings is 2. The van der Waals surface area contributed by atoms with E-state index < -0.39 is 0 Å². The molecule has 2 heterocycles. The Labute approximate surface area is 152 Å². The number of anilines is 2. The van der Waals surface area contributed by atoms with Crippen LogP contribution in [0.5, 0.6) is 0 Å². The molecular weight excluding hydrogens is 332 g/mol. The number of aromatic nitrogens is 2. The molecule has 0 unspecified atom stereocenters. The average molecular weight is 351 g/mol. The molecular formula is C20H19ClN4. The Morgan fingerprint density at radius 1 is 1.00 bits per heavy atom. The molecule has 0 saturated heterocycles. The summed E-state index contributed by atoms with van der Waals surface area (Å²) in [5.41, 5.74) is 3.95. The maximum absolute atomic E-state index is 5.93. The number of nitrogens with zero attached hydrogens (tertiary/aromatic N) is 3. The lowest BCUT2D eigenvalue weighted by Crippen LogP contribution is -2.31. The first-order chi connectivity index (χ1) is 12.3. The zero-order valence-corrected chi connectivity index (χ0v) is 14.6. The van der Waals surface area contributed by atoms with Crippen LogP contribution in [-0.2, 0) is 19.5 Å². The minimum atomic E-state index is 0.705. The molecule has 4 rings (SSSR count). The van der Waals surface area contributed by atoms with E-state index in [2.05, 4.69) is 44.5 Å². The van der Waals surface area contributed by atoms with Crippen LogP contribution in [-0.4, -0.2) is 16.5 Å². The first kappa shape index (κ1) is 15.9. The van der Waals surface area contributed by atoms with Gasteiger partial charge in [-0.05, 0) is 41.3 Å². The van der Waals surface area contributed by atoms with E-state index in [4.69, 9.17) is 11.6 Å². The van der Waals surface area contributed by atoms with Crippen LogP contribution in [0, 0.1) is 0 Å². The zero-order valence-electron chi connectivity index (χ0n) is 13.8. The zero-order chi connectivity index (χ0) is 17.1. The Hall–Kier alpha value is -2.59. The molecule has 0 aliphatic carbocycles. The van der Waals surface area contributed by atoms with Crippen molar-refractivity contribution in [3.63, 3.8) is 0 Å². The normalized spacial score (nSPS) is 13.4. The van der Waals surface area contributed by atoms with Gasteiger partial charge in [0.1, 0.15) is 5.82 Å². The van der Waals surface area contributed by atoms with E-state index in [1.807, 2.05) is 36.5 Å². The van der Waals surface area contributed by atoms with Crippen molar-refractivity contribution in [3.8, 4) is 0 Å². The fourth-order valence-electron chi connectivity index (χ4n) is 3.06. The fraction of sp³-hybridized carbons (Fsp3) is 0.200. The molecule has 1 aliphatic heterocycles. The van der Waals surface area contributed by atoms with E-state index in [9.17, 15) is 0 Å². The van der Waals surface area contributed by atoms with Crippen molar-refractivity contribution in [2.75, 3.05) is 16.8 Å². The number of hydrogen-bond donors (Lipinski definition) is 1. The summed E-state index contributed by atoms with van der Waals surface area (Å²) in [7, 11) is 0.